The molecule has 0 saturated carbocycles. The Labute approximate surface area is 108 Å². The molecule has 4 heteroatoms. The minimum Gasteiger partial charge on any atom is -0.377 e. The van der Waals surface area contributed by atoms with Crippen molar-refractivity contribution in [3.8, 4) is 6.07 Å². The minimum atomic E-state index is -0.339. The van der Waals surface area contributed by atoms with Crippen molar-refractivity contribution in [1.82, 2.24) is 5.32 Å². The number of nitriles is 1. The van der Waals surface area contributed by atoms with Crippen LogP contribution in [0.15, 0.2) is 18.2 Å². The lowest BCUT2D eigenvalue weighted by Crippen LogP contribution is -2.24. The molecular formula is C14H19FN2O. The molecule has 0 aliphatic heterocycles. The quantitative estimate of drug-likeness (QED) is 0.756. The summed E-state index contributed by atoms with van der Waals surface area (Å²) < 4.78 is 18.5. The van der Waals surface area contributed by atoms with Gasteiger partial charge in [-0.1, -0.05) is 13.8 Å². The van der Waals surface area contributed by atoms with Crippen molar-refractivity contribution in [2.24, 2.45) is 0 Å². The molecule has 1 N–H and O–H groups in total. The van der Waals surface area contributed by atoms with Gasteiger partial charge in [0.25, 0.3) is 0 Å². The number of hydrogen-bond acceptors (Lipinski definition) is 3. The monoisotopic (exact) mass is 250 g/mol. The largest absolute Gasteiger partial charge is 0.377 e. The van der Waals surface area contributed by atoms with E-state index in [4.69, 9.17) is 10.00 Å². The third-order valence-corrected chi connectivity index (χ3v) is 2.46. The first-order valence-electron chi connectivity index (χ1n) is 6.13. The SMILES string of the molecule is CC(C)NCCCOCc1cc(F)ccc1C#N. The van der Waals surface area contributed by atoms with Crippen LogP contribution in [-0.2, 0) is 11.3 Å². The number of halogens is 1. The Balaban J connectivity index is 2.31. The fraction of sp³-hybridized carbons (Fsp3) is 0.500. The van der Waals surface area contributed by atoms with Gasteiger partial charge in [-0.05, 0) is 36.7 Å². The van der Waals surface area contributed by atoms with E-state index < -0.39 is 0 Å². The standard InChI is InChI=1S/C14H19FN2O/c1-11(2)17-6-3-7-18-10-13-8-14(15)5-4-12(13)9-16/h4-5,8,11,17H,3,6-7,10H2,1-2H3. The van der Waals surface area contributed by atoms with Crippen molar-refractivity contribution < 1.29 is 9.13 Å². The van der Waals surface area contributed by atoms with Crippen molar-refractivity contribution in [3.05, 3.63) is 35.1 Å². The molecule has 0 saturated heterocycles. The highest BCUT2D eigenvalue weighted by atomic mass is 19.1. The summed E-state index contributed by atoms with van der Waals surface area (Å²) in [5.74, 6) is -0.339. The van der Waals surface area contributed by atoms with Gasteiger partial charge >= 0.3 is 0 Å². The van der Waals surface area contributed by atoms with Crippen LogP contribution in [0.25, 0.3) is 0 Å². The third-order valence-electron chi connectivity index (χ3n) is 2.46. The second-order valence-electron chi connectivity index (χ2n) is 4.43. The Bertz CT molecular complexity index is 413. The minimum absolute atomic E-state index is 0.280. The van der Waals surface area contributed by atoms with Crippen molar-refractivity contribution in [1.29, 1.82) is 5.26 Å². The summed E-state index contributed by atoms with van der Waals surface area (Å²) in [6.45, 7) is 5.95. The molecule has 18 heavy (non-hydrogen) atoms. The highest BCUT2D eigenvalue weighted by Crippen LogP contribution is 2.11. The Morgan fingerprint density at radius 2 is 2.22 bits per heavy atom. The summed E-state index contributed by atoms with van der Waals surface area (Å²) in [5.41, 5.74) is 1.08. The second kappa shape index (κ2) is 7.80. The van der Waals surface area contributed by atoms with E-state index in [0.29, 0.717) is 23.8 Å². The molecule has 0 amide bonds. The van der Waals surface area contributed by atoms with Crippen LogP contribution in [0.1, 0.15) is 31.4 Å². The zero-order chi connectivity index (χ0) is 13.4. The lowest BCUT2D eigenvalue weighted by Gasteiger charge is -2.09. The molecule has 0 aliphatic carbocycles. The first kappa shape index (κ1) is 14.6. The van der Waals surface area contributed by atoms with Gasteiger partial charge in [-0.2, -0.15) is 5.26 Å². The van der Waals surface area contributed by atoms with E-state index in [0.717, 1.165) is 13.0 Å². The molecule has 0 unspecified atom stereocenters. The number of ether oxygens (including phenoxy) is 1. The lowest BCUT2D eigenvalue weighted by atomic mass is 10.1. The Morgan fingerprint density at radius 1 is 1.44 bits per heavy atom. The predicted molar refractivity (Wildman–Crippen MR) is 68.5 cm³/mol. The van der Waals surface area contributed by atoms with Crippen molar-refractivity contribution >= 4 is 0 Å². The molecule has 1 aromatic rings. The van der Waals surface area contributed by atoms with Gasteiger partial charge in [-0.3, -0.25) is 0 Å². The van der Waals surface area contributed by atoms with E-state index in [1.807, 2.05) is 6.07 Å². The van der Waals surface area contributed by atoms with Crippen molar-refractivity contribution in [2.75, 3.05) is 13.2 Å². The molecule has 0 bridgehead atoms. The Morgan fingerprint density at radius 3 is 2.89 bits per heavy atom. The number of benzene rings is 1. The third kappa shape index (κ3) is 5.26. The highest BCUT2D eigenvalue weighted by molar-refractivity contribution is 5.37. The fourth-order valence-electron chi connectivity index (χ4n) is 1.54. The maximum Gasteiger partial charge on any atom is 0.123 e. The van der Waals surface area contributed by atoms with Crippen LogP contribution in [0.3, 0.4) is 0 Å². The molecule has 1 rings (SSSR count). The van der Waals surface area contributed by atoms with Crippen LogP contribution in [0, 0.1) is 17.1 Å². The summed E-state index contributed by atoms with van der Waals surface area (Å²) in [6.07, 6.45) is 0.898. The molecule has 0 fully saturated rings. The van der Waals surface area contributed by atoms with Gasteiger partial charge in [0.15, 0.2) is 0 Å². The maximum absolute atomic E-state index is 13.0. The average molecular weight is 250 g/mol. The molecular weight excluding hydrogens is 231 g/mol. The van der Waals surface area contributed by atoms with E-state index in [-0.39, 0.29) is 12.4 Å². The molecule has 0 spiro atoms. The second-order valence-corrected chi connectivity index (χ2v) is 4.43. The normalized spacial score (nSPS) is 10.6. The van der Waals surface area contributed by atoms with Gasteiger partial charge in [0.05, 0.1) is 18.2 Å². The van der Waals surface area contributed by atoms with E-state index in [2.05, 4.69) is 19.2 Å². The Hall–Kier alpha value is -1.44. The van der Waals surface area contributed by atoms with E-state index in [9.17, 15) is 4.39 Å². The number of hydrogen-bond donors (Lipinski definition) is 1. The Kier molecular flexibility index (Phi) is 6.34. The molecule has 0 aromatic heterocycles. The summed E-state index contributed by atoms with van der Waals surface area (Å²) in [6, 6.07) is 6.62. The number of rotatable bonds is 7. The van der Waals surface area contributed by atoms with Gasteiger partial charge in [0.1, 0.15) is 5.82 Å². The average Bonchev–Trinajstić information content (AvgIpc) is 2.33. The molecule has 0 radical (unpaired) electrons. The zero-order valence-electron chi connectivity index (χ0n) is 10.9. The van der Waals surface area contributed by atoms with Gasteiger partial charge in [-0.15, -0.1) is 0 Å². The van der Waals surface area contributed by atoms with Crippen LogP contribution in [0.2, 0.25) is 0 Å². The maximum atomic E-state index is 13.0. The fourth-order valence-corrected chi connectivity index (χ4v) is 1.54. The van der Waals surface area contributed by atoms with Crippen LogP contribution in [0.4, 0.5) is 4.39 Å². The predicted octanol–water partition coefficient (Wildman–Crippen LogP) is 2.60. The summed E-state index contributed by atoms with van der Waals surface area (Å²) in [7, 11) is 0. The number of nitrogens with zero attached hydrogens (tertiary/aromatic N) is 1. The summed E-state index contributed by atoms with van der Waals surface area (Å²) in [5, 5.41) is 12.2. The van der Waals surface area contributed by atoms with Gasteiger partial charge in [0.2, 0.25) is 0 Å². The molecule has 0 heterocycles. The van der Waals surface area contributed by atoms with Crippen LogP contribution >= 0.6 is 0 Å². The van der Waals surface area contributed by atoms with Crippen molar-refractivity contribution in [3.63, 3.8) is 0 Å². The van der Waals surface area contributed by atoms with E-state index in [1.165, 1.54) is 18.2 Å². The van der Waals surface area contributed by atoms with Crippen LogP contribution in [-0.4, -0.2) is 19.2 Å². The highest BCUT2D eigenvalue weighted by Gasteiger charge is 2.03. The summed E-state index contributed by atoms with van der Waals surface area (Å²) in [4.78, 5) is 0. The van der Waals surface area contributed by atoms with Gasteiger partial charge in [-0.25, -0.2) is 4.39 Å². The zero-order valence-corrected chi connectivity index (χ0v) is 10.9. The topological polar surface area (TPSA) is 45.0 Å². The van der Waals surface area contributed by atoms with E-state index >= 15 is 0 Å². The first-order valence-corrected chi connectivity index (χ1v) is 6.13. The molecule has 3 nitrogen and oxygen atoms in total. The van der Waals surface area contributed by atoms with Crippen LogP contribution < -0.4 is 5.32 Å². The molecule has 0 atom stereocenters. The first-order chi connectivity index (χ1) is 8.63. The molecule has 98 valence electrons. The molecule has 1 aromatic carbocycles. The molecule has 0 aliphatic rings. The van der Waals surface area contributed by atoms with Gasteiger partial charge in [0, 0.05) is 12.6 Å². The number of nitrogens with one attached hydrogen (secondary N) is 1. The smallest absolute Gasteiger partial charge is 0.123 e. The van der Waals surface area contributed by atoms with Crippen LogP contribution in [0.5, 0.6) is 0 Å². The lowest BCUT2D eigenvalue weighted by molar-refractivity contribution is 0.117. The van der Waals surface area contributed by atoms with Crippen molar-refractivity contribution in [2.45, 2.75) is 32.9 Å². The van der Waals surface area contributed by atoms with Gasteiger partial charge < -0.3 is 10.1 Å². The summed E-state index contributed by atoms with van der Waals surface area (Å²) >= 11 is 0. The van der Waals surface area contributed by atoms with E-state index in [1.54, 1.807) is 0 Å².